The van der Waals surface area contributed by atoms with E-state index >= 15 is 0 Å². The van der Waals surface area contributed by atoms with Gasteiger partial charge in [-0.25, -0.2) is 17.8 Å². The molecule has 0 radical (unpaired) electrons. The van der Waals surface area contributed by atoms with E-state index in [0.29, 0.717) is 50.4 Å². The molecule has 1 N–H and O–H groups in total. The molecule has 1 heterocycles. The van der Waals surface area contributed by atoms with Crippen molar-refractivity contribution in [2.24, 2.45) is 0 Å². The summed E-state index contributed by atoms with van der Waals surface area (Å²) in [5.41, 5.74) is 4.61. The second-order valence-corrected chi connectivity index (χ2v) is 10.7. The minimum absolute atomic E-state index is 0.0145. The van der Waals surface area contributed by atoms with Crippen molar-refractivity contribution in [1.29, 1.82) is 0 Å². The third-order valence-corrected chi connectivity index (χ3v) is 7.81. The van der Waals surface area contributed by atoms with Crippen LogP contribution in [0, 0.1) is 13.8 Å². The van der Waals surface area contributed by atoms with Gasteiger partial charge in [0, 0.05) is 19.6 Å². The lowest BCUT2D eigenvalue weighted by Crippen LogP contribution is -2.45. The van der Waals surface area contributed by atoms with Gasteiger partial charge in [0.25, 0.3) is 5.91 Å². The van der Waals surface area contributed by atoms with E-state index < -0.39 is 21.7 Å². The number of sulfonamides is 1. The first-order valence-corrected chi connectivity index (χ1v) is 13.0. The number of aryl methyl sites for hydroxylation is 3. The van der Waals surface area contributed by atoms with Gasteiger partial charge >= 0.3 is 0 Å². The zero-order valence-electron chi connectivity index (χ0n) is 19.4. The third kappa shape index (κ3) is 7.64. The Morgan fingerprint density at radius 1 is 1.12 bits per heavy atom. The maximum absolute atomic E-state index is 12.7. The number of benzene rings is 2. The van der Waals surface area contributed by atoms with Crippen molar-refractivity contribution in [3.63, 3.8) is 0 Å². The molecular weight excluding hydrogens is 440 g/mol. The summed E-state index contributed by atoms with van der Waals surface area (Å²) in [6, 6.07) is 16.0. The van der Waals surface area contributed by atoms with E-state index in [0.717, 1.165) is 11.1 Å². The number of ether oxygens (including phenoxy) is 1. The zero-order chi connectivity index (χ0) is 23.8. The van der Waals surface area contributed by atoms with Crippen LogP contribution in [-0.4, -0.2) is 60.4 Å². The molecule has 2 aromatic carbocycles. The van der Waals surface area contributed by atoms with Crippen molar-refractivity contribution in [2.75, 3.05) is 25.4 Å². The fourth-order valence-electron chi connectivity index (χ4n) is 3.96. The maximum atomic E-state index is 12.7. The van der Waals surface area contributed by atoms with E-state index in [9.17, 15) is 18.4 Å². The number of nitrogens with zero attached hydrogens (tertiary/aromatic N) is 2. The molecule has 3 rings (SSSR count). The monoisotopic (exact) mass is 474 g/mol. The third-order valence-electron chi connectivity index (χ3n) is 6.05. The van der Waals surface area contributed by atoms with Gasteiger partial charge in [0.05, 0.1) is 12.7 Å². The minimum Gasteiger partial charge on any atom is -0.373 e. The molecule has 0 saturated carbocycles. The lowest BCUT2D eigenvalue weighted by Gasteiger charge is -2.31. The molecule has 1 amide bonds. The van der Waals surface area contributed by atoms with Crippen LogP contribution in [0.3, 0.4) is 0 Å². The summed E-state index contributed by atoms with van der Waals surface area (Å²) in [5.74, 6) is -1.51. The highest BCUT2D eigenvalue weighted by atomic mass is 32.2. The number of amides is 1. The van der Waals surface area contributed by atoms with E-state index in [-0.39, 0.29) is 12.6 Å². The van der Waals surface area contributed by atoms with Gasteiger partial charge in [-0.3, -0.25) is 10.0 Å². The van der Waals surface area contributed by atoms with Gasteiger partial charge in [-0.15, -0.1) is 0 Å². The Labute approximate surface area is 197 Å². The van der Waals surface area contributed by atoms with Gasteiger partial charge < -0.3 is 4.74 Å². The predicted octanol–water partition coefficient (Wildman–Crippen LogP) is 3.46. The lowest BCUT2D eigenvalue weighted by molar-refractivity contribution is -0.162. The van der Waals surface area contributed by atoms with Crippen LogP contribution < -0.4 is 0 Å². The van der Waals surface area contributed by atoms with E-state index in [4.69, 9.17) is 4.74 Å². The Bertz CT molecular complexity index is 1020. The summed E-state index contributed by atoms with van der Waals surface area (Å²) in [6.45, 7) is 5.32. The predicted molar refractivity (Wildman–Crippen MR) is 127 cm³/mol. The first-order valence-electron chi connectivity index (χ1n) is 11.4. The van der Waals surface area contributed by atoms with Crippen LogP contribution in [0.1, 0.15) is 41.5 Å². The molecule has 0 aromatic heterocycles. The number of piperidine rings is 1. The Morgan fingerprint density at radius 3 is 2.52 bits per heavy atom. The number of hydrogen-bond acceptors (Lipinski definition) is 5. The van der Waals surface area contributed by atoms with Gasteiger partial charge in [-0.1, -0.05) is 54.1 Å². The Balaban J connectivity index is 1.41. The fourth-order valence-corrected chi connectivity index (χ4v) is 5.38. The molecule has 33 heavy (non-hydrogen) atoms. The average molecular weight is 475 g/mol. The molecule has 1 fully saturated rings. The van der Waals surface area contributed by atoms with Gasteiger partial charge in [-0.2, -0.15) is 0 Å². The van der Waals surface area contributed by atoms with Crippen LogP contribution >= 0.6 is 0 Å². The molecule has 0 bridgehead atoms. The first kappa shape index (κ1) is 25.4. The second kappa shape index (κ2) is 11.7. The molecule has 8 heteroatoms. The lowest BCUT2D eigenvalue weighted by atomic mass is 10.1. The van der Waals surface area contributed by atoms with Crippen LogP contribution in [0.2, 0.25) is 0 Å². The van der Waals surface area contributed by atoms with Crippen molar-refractivity contribution in [2.45, 2.75) is 52.2 Å². The highest BCUT2D eigenvalue weighted by molar-refractivity contribution is 7.89. The molecule has 0 atom stereocenters. The van der Waals surface area contributed by atoms with E-state index in [1.54, 1.807) is 0 Å². The van der Waals surface area contributed by atoms with E-state index in [2.05, 4.69) is 25.1 Å². The van der Waals surface area contributed by atoms with Crippen molar-refractivity contribution in [3.05, 3.63) is 70.8 Å². The number of rotatable bonds is 10. The van der Waals surface area contributed by atoms with Crippen molar-refractivity contribution >= 4 is 15.9 Å². The number of hydrogen-bond donors (Lipinski definition) is 1. The summed E-state index contributed by atoms with van der Waals surface area (Å²) in [4.78, 5) is 12.3. The average Bonchev–Trinajstić information content (AvgIpc) is 2.80. The van der Waals surface area contributed by atoms with Crippen molar-refractivity contribution in [3.8, 4) is 0 Å². The largest absolute Gasteiger partial charge is 0.373 e. The zero-order valence-corrected chi connectivity index (χ0v) is 20.3. The molecule has 1 aliphatic rings. The summed E-state index contributed by atoms with van der Waals surface area (Å²) >= 11 is 0. The molecule has 0 aliphatic carbocycles. The molecule has 0 spiro atoms. The van der Waals surface area contributed by atoms with Gasteiger partial charge in [0.15, 0.2) is 0 Å². The van der Waals surface area contributed by atoms with Gasteiger partial charge in [0.1, 0.15) is 5.75 Å². The molecule has 180 valence electrons. The smallest absolute Gasteiger partial charge is 0.262 e. The summed E-state index contributed by atoms with van der Waals surface area (Å²) in [6.07, 6.45) is 2.40. The summed E-state index contributed by atoms with van der Waals surface area (Å²) < 4.78 is 32.7. The van der Waals surface area contributed by atoms with E-state index in [1.165, 1.54) is 15.4 Å². The molecule has 0 unspecified atom stereocenters. The van der Waals surface area contributed by atoms with Crippen LogP contribution in [0.5, 0.6) is 0 Å². The van der Waals surface area contributed by atoms with Crippen LogP contribution in [0.25, 0.3) is 0 Å². The Morgan fingerprint density at radius 2 is 1.82 bits per heavy atom. The summed E-state index contributed by atoms with van der Waals surface area (Å²) in [5, 5.41) is 10.5. The van der Waals surface area contributed by atoms with Crippen molar-refractivity contribution < 1.29 is 23.2 Å². The normalized spacial score (nSPS) is 15.5. The van der Waals surface area contributed by atoms with Gasteiger partial charge in [-0.05, 0) is 56.2 Å². The minimum atomic E-state index is -3.78. The quantitative estimate of drug-likeness (QED) is 0.421. The highest BCUT2D eigenvalue weighted by Gasteiger charge is 2.31. The second-order valence-electron chi connectivity index (χ2n) is 8.70. The molecule has 1 saturated heterocycles. The molecule has 7 nitrogen and oxygen atoms in total. The fraction of sp³-hybridized carbons (Fsp3) is 0.480. The Hall–Kier alpha value is -2.26. The van der Waals surface area contributed by atoms with E-state index in [1.807, 2.05) is 37.3 Å². The molecule has 2 aromatic rings. The number of hydroxylamine groups is 2. The standard InChI is InChI=1S/C25H34N2O5S/c1-20-10-11-21(2)23(17-20)18-32-24-12-15-26(16-13-24)33(30,31)19-25(28)27(29)14-6-9-22-7-4-3-5-8-22/h3-5,7-8,10-11,17,24,29H,6,9,12-16,18-19H2,1-2H3. The SMILES string of the molecule is Cc1ccc(C)c(COC2CCN(S(=O)(=O)CC(=O)N(O)CCCc3ccccc3)CC2)c1. The van der Waals surface area contributed by atoms with Crippen LogP contribution in [0.15, 0.2) is 48.5 Å². The van der Waals surface area contributed by atoms with Crippen LogP contribution in [-0.2, 0) is 32.6 Å². The molecular formula is C25H34N2O5S. The van der Waals surface area contributed by atoms with Crippen molar-refractivity contribution in [1.82, 2.24) is 9.37 Å². The van der Waals surface area contributed by atoms with Crippen LogP contribution in [0.4, 0.5) is 0 Å². The maximum Gasteiger partial charge on any atom is 0.262 e. The van der Waals surface area contributed by atoms with Gasteiger partial charge in [0.2, 0.25) is 10.0 Å². The number of carbonyl (C=O) groups is 1. The summed E-state index contributed by atoms with van der Waals surface area (Å²) in [7, 11) is -3.78. The highest BCUT2D eigenvalue weighted by Crippen LogP contribution is 2.20. The number of carbonyl (C=O) groups excluding carboxylic acids is 1. The Kier molecular flexibility index (Phi) is 9.02. The topological polar surface area (TPSA) is 87.2 Å². The molecule has 1 aliphatic heterocycles. The first-order chi connectivity index (χ1) is 15.7.